The summed E-state index contributed by atoms with van der Waals surface area (Å²) in [5.41, 5.74) is 2.61. The summed E-state index contributed by atoms with van der Waals surface area (Å²) >= 11 is 0. The molecule has 11 heteroatoms. The number of ether oxygens (including phenoxy) is 3. The van der Waals surface area contributed by atoms with Crippen molar-refractivity contribution in [3.05, 3.63) is 133 Å². The Morgan fingerprint density at radius 1 is 0.863 bits per heavy atom. The molecule has 0 spiro atoms. The van der Waals surface area contributed by atoms with Crippen molar-refractivity contribution in [3.8, 4) is 0 Å². The summed E-state index contributed by atoms with van der Waals surface area (Å²) in [5, 5.41) is 7.15. The van der Waals surface area contributed by atoms with Gasteiger partial charge < -0.3 is 29.3 Å². The maximum Gasteiger partial charge on any atom is 0.421 e. The van der Waals surface area contributed by atoms with Crippen LogP contribution in [-0.4, -0.2) is 41.5 Å². The number of nitrogens with zero attached hydrogens (tertiary/aromatic N) is 1. The Morgan fingerprint density at radius 3 is 2.24 bits per heavy atom. The van der Waals surface area contributed by atoms with Gasteiger partial charge in [-0.3, -0.25) is 9.36 Å². The predicted octanol–water partition coefficient (Wildman–Crippen LogP) is 8.38. The fourth-order valence-corrected chi connectivity index (χ4v) is 4.94. The number of hydrogen-bond acceptors (Lipinski definition) is 8. The smallest absolute Gasteiger partial charge is 0.421 e. The van der Waals surface area contributed by atoms with Gasteiger partial charge in [-0.05, 0) is 36.2 Å². The summed E-state index contributed by atoms with van der Waals surface area (Å²) in [6.45, 7) is 16.0. The van der Waals surface area contributed by atoms with Gasteiger partial charge in [0.05, 0.1) is 17.1 Å². The van der Waals surface area contributed by atoms with E-state index in [0.29, 0.717) is 27.8 Å². The molecule has 268 valence electrons. The van der Waals surface area contributed by atoms with Crippen LogP contribution in [0, 0.1) is 0 Å². The maximum atomic E-state index is 13.7. The number of amides is 2. The molecule has 2 N–H and O–H groups in total. The van der Waals surface area contributed by atoms with Gasteiger partial charge in [0, 0.05) is 23.4 Å². The van der Waals surface area contributed by atoms with Crippen LogP contribution in [-0.2, 0) is 36.8 Å². The topological polar surface area (TPSA) is 138 Å². The molecule has 5 aromatic rings. The lowest BCUT2D eigenvalue weighted by Gasteiger charge is -2.21. The summed E-state index contributed by atoms with van der Waals surface area (Å²) < 4.78 is 22.5. The average molecular weight is 696 g/mol. The molecular formula is C40H45N3O8. The first-order valence-electron chi connectivity index (χ1n) is 16.7. The van der Waals surface area contributed by atoms with E-state index in [4.69, 9.17) is 18.6 Å². The molecule has 0 aliphatic carbocycles. The Morgan fingerprint density at radius 2 is 1.53 bits per heavy atom. The van der Waals surface area contributed by atoms with E-state index in [1.54, 1.807) is 30.3 Å². The highest BCUT2D eigenvalue weighted by Gasteiger charge is 2.26. The SMILES string of the molecule is C=CC(=C)C(=O)OCOC(=O)n1cc(CC(NC(=O)OCc2cc3ccccc3o2)C(=O)N[C@@H](C)c2ccccc2)c2ccccc21.CC.CC. The van der Waals surface area contributed by atoms with Crippen molar-refractivity contribution in [2.75, 3.05) is 6.79 Å². The standard InChI is InChI=1S/C36H33N3O8.2C2H6/c1-4-23(2)34(41)45-22-46-36(43)39-20-27(29-15-9-10-16-31(29)39)19-30(33(40)37-24(3)25-12-6-5-7-13-25)38-35(42)44-21-28-18-26-14-8-11-17-32(26)47-28;2*1-2/h4-18,20,24,30H,1-2,19,21-22H2,3H3,(H,37,40)(H,38,42);2*1-2H3/t24-,30?;;/m0../s1. The van der Waals surface area contributed by atoms with Crippen molar-refractivity contribution in [1.82, 2.24) is 15.2 Å². The Hall–Kier alpha value is -6.10. The Balaban J connectivity index is 0.00000169. The van der Waals surface area contributed by atoms with E-state index in [2.05, 4.69) is 23.8 Å². The molecule has 2 aromatic heterocycles. The number of esters is 1. The van der Waals surface area contributed by atoms with Crippen molar-refractivity contribution in [2.45, 2.75) is 59.7 Å². The molecule has 0 saturated heterocycles. The summed E-state index contributed by atoms with van der Waals surface area (Å²) in [6, 6.07) is 24.1. The van der Waals surface area contributed by atoms with Gasteiger partial charge in [0.15, 0.2) is 6.61 Å². The Bertz CT molecular complexity index is 1910. The molecule has 2 amide bonds. The number of para-hydroxylation sites is 2. The molecule has 5 rings (SSSR count). The van der Waals surface area contributed by atoms with E-state index in [9.17, 15) is 19.2 Å². The molecule has 2 heterocycles. The maximum absolute atomic E-state index is 13.7. The van der Waals surface area contributed by atoms with Gasteiger partial charge in [-0.25, -0.2) is 14.4 Å². The van der Waals surface area contributed by atoms with Crippen molar-refractivity contribution >= 4 is 45.9 Å². The minimum absolute atomic E-state index is 0.00200. The van der Waals surface area contributed by atoms with E-state index in [-0.39, 0.29) is 24.6 Å². The van der Waals surface area contributed by atoms with Gasteiger partial charge >= 0.3 is 18.2 Å². The molecule has 1 unspecified atom stereocenters. The lowest BCUT2D eigenvalue weighted by atomic mass is 10.0. The first-order valence-corrected chi connectivity index (χ1v) is 16.7. The number of carbonyl (C=O) groups excluding carboxylic acids is 4. The Labute approximate surface area is 297 Å². The number of furan rings is 1. The van der Waals surface area contributed by atoms with Gasteiger partial charge in [-0.1, -0.05) is 114 Å². The molecule has 0 bridgehead atoms. The quantitative estimate of drug-likeness (QED) is 0.0575. The third-order valence-electron chi connectivity index (χ3n) is 7.39. The molecule has 0 aliphatic rings. The number of hydrogen-bond donors (Lipinski definition) is 2. The third kappa shape index (κ3) is 10.7. The Kier molecular flexibility index (Phi) is 15.3. The molecule has 0 saturated carbocycles. The largest absolute Gasteiger partial charge is 0.457 e. The zero-order valence-electron chi connectivity index (χ0n) is 29.6. The van der Waals surface area contributed by atoms with Crippen molar-refractivity contribution in [1.29, 1.82) is 0 Å². The van der Waals surface area contributed by atoms with Crippen LogP contribution in [0.4, 0.5) is 9.59 Å². The van der Waals surface area contributed by atoms with Crippen LogP contribution in [0.25, 0.3) is 21.9 Å². The van der Waals surface area contributed by atoms with Gasteiger partial charge in [0.2, 0.25) is 12.7 Å². The van der Waals surface area contributed by atoms with Crippen molar-refractivity contribution in [3.63, 3.8) is 0 Å². The number of alkyl carbamates (subject to hydrolysis) is 1. The lowest BCUT2D eigenvalue weighted by Crippen LogP contribution is -2.48. The number of rotatable bonds is 12. The number of carbonyl (C=O) groups is 4. The molecule has 11 nitrogen and oxygen atoms in total. The van der Waals surface area contributed by atoms with Crippen LogP contribution >= 0.6 is 0 Å². The van der Waals surface area contributed by atoms with Crippen LogP contribution in [0.1, 0.15) is 57.5 Å². The highest BCUT2D eigenvalue weighted by Crippen LogP contribution is 2.24. The zero-order valence-corrected chi connectivity index (χ0v) is 29.6. The first-order chi connectivity index (χ1) is 24.7. The van der Waals surface area contributed by atoms with E-state index < -0.39 is 36.9 Å². The van der Waals surface area contributed by atoms with Gasteiger partial charge in [0.25, 0.3) is 0 Å². The number of nitrogens with one attached hydrogen (secondary N) is 2. The summed E-state index contributed by atoms with van der Waals surface area (Å²) in [4.78, 5) is 51.5. The molecule has 51 heavy (non-hydrogen) atoms. The second-order valence-corrected chi connectivity index (χ2v) is 10.6. The van der Waals surface area contributed by atoms with Gasteiger partial charge in [-0.15, -0.1) is 0 Å². The normalized spacial score (nSPS) is 11.4. The second kappa shape index (κ2) is 19.8. The summed E-state index contributed by atoms with van der Waals surface area (Å²) in [6.07, 6.45) is 1.10. The van der Waals surface area contributed by atoms with Crippen molar-refractivity contribution < 1.29 is 37.8 Å². The van der Waals surface area contributed by atoms with E-state index in [0.717, 1.165) is 10.9 Å². The van der Waals surface area contributed by atoms with E-state index >= 15 is 0 Å². The fourth-order valence-electron chi connectivity index (χ4n) is 4.94. The summed E-state index contributed by atoms with van der Waals surface area (Å²) in [7, 11) is 0. The van der Waals surface area contributed by atoms with Crippen LogP contribution in [0.3, 0.4) is 0 Å². The molecule has 0 fully saturated rings. The van der Waals surface area contributed by atoms with E-state index in [1.807, 2.05) is 89.2 Å². The monoisotopic (exact) mass is 695 g/mol. The first kappa shape index (κ1) is 39.3. The molecule has 0 aliphatic heterocycles. The van der Waals surface area contributed by atoms with Crippen LogP contribution in [0.5, 0.6) is 0 Å². The highest BCUT2D eigenvalue weighted by molar-refractivity contribution is 5.94. The number of aromatic nitrogens is 1. The molecule has 2 atom stereocenters. The van der Waals surface area contributed by atoms with Crippen molar-refractivity contribution in [2.24, 2.45) is 0 Å². The minimum atomic E-state index is -1.09. The minimum Gasteiger partial charge on any atom is -0.457 e. The highest BCUT2D eigenvalue weighted by atomic mass is 16.7. The predicted molar refractivity (Wildman–Crippen MR) is 197 cm³/mol. The van der Waals surface area contributed by atoms with Gasteiger partial charge in [0.1, 0.15) is 17.4 Å². The number of benzene rings is 3. The van der Waals surface area contributed by atoms with E-state index in [1.165, 1.54) is 16.8 Å². The third-order valence-corrected chi connectivity index (χ3v) is 7.39. The second-order valence-electron chi connectivity index (χ2n) is 10.6. The average Bonchev–Trinajstić information content (AvgIpc) is 3.76. The van der Waals surface area contributed by atoms with Gasteiger partial charge in [-0.2, -0.15) is 0 Å². The van der Waals surface area contributed by atoms with Crippen LogP contribution in [0.15, 0.2) is 120 Å². The zero-order chi connectivity index (χ0) is 37.3. The molecular weight excluding hydrogens is 650 g/mol. The lowest BCUT2D eigenvalue weighted by molar-refractivity contribution is -0.146. The number of fused-ring (bicyclic) bond motifs is 2. The fraction of sp³-hybridized carbons (Fsp3) is 0.250. The van der Waals surface area contributed by atoms with Crippen LogP contribution < -0.4 is 10.6 Å². The molecule has 0 radical (unpaired) electrons. The summed E-state index contributed by atoms with van der Waals surface area (Å²) in [5.74, 6) is -0.792. The molecule has 3 aromatic carbocycles. The van der Waals surface area contributed by atoms with Crippen LogP contribution in [0.2, 0.25) is 0 Å².